The highest BCUT2D eigenvalue weighted by Crippen LogP contribution is 2.67. The van der Waals surface area contributed by atoms with Crippen LogP contribution < -0.4 is 14.4 Å². The average Bonchev–Trinajstić information content (AvgIpc) is 3.77. The van der Waals surface area contributed by atoms with Gasteiger partial charge in [-0.25, -0.2) is 0 Å². The van der Waals surface area contributed by atoms with Crippen LogP contribution in [-0.2, 0) is 5.41 Å². The van der Waals surface area contributed by atoms with E-state index < -0.39 is 5.41 Å². The van der Waals surface area contributed by atoms with E-state index in [1.807, 2.05) is 6.07 Å². The van der Waals surface area contributed by atoms with Gasteiger partial charge in [-0.1, -0.05) is 176 Å². The molecule has 0 saturated heterocycles. The van der Waals surface area contributed by atoms with Crippen molar-refractivity contribution < 1.29 is 9.47 Å². The molecule has 0 aromatic heterocycles. The van der Waals surface area contributed by atoms with E-state index in [4.69, 9.17) is 9.47 Å². The van der Waals surface area contributed by atoms with Crippen LogP contribution in [0.2, 0.25) is 0 Å². The number of rotatable bonds is 5. The van der Waals surface area contributed by atoms with Crippen molar-refractivity contribution in [3.8, 4) is 67.5 Å². The highest BCUT2D eigenvalue weighted by molar-refractivity contribution is 5.98. The van der Waals surface area contributed by atoms with Crippen LogP contribution in [0.4, 0.5) is 17.1 Å². The summed E-state index contributed by atoms with van der Waals surface area (Å²) in [5, 5.41) is 0. The van der Waals surface area contributed by atoms with E-state index in [-0.39, 0.29) is 0 Å². The third-order valence-corrected chi connectivity index (χ3v) is 12.1. The molecule has 12 rings (SSSR count). The summed E-state index contributed by atoms with van der Waals surface area (Å²) in [5.74, 6) is 2.78. The SMILES string of the molecule is c1ccc(-c2cccc(N(c3ccccc3-c3ccccc3)c3cccc4c3Oc3ccc5c(c3O4)-c3ccccc3C53c4ccccc4-c4ccccc43)c2)cc1. The predicted molar refractivity (Wildman–Crippen MR) is 235 cm³/mol. The van der Waals surface area contributed by atoms with Gasteiger partial charge in [0.15, 0.2) is 23.0 Å². The molecule has 0 fully saturated rings. The molecular weight excluding hydrogens is 707 g/mol. The van der Waals surface area contributed by atoms with Crippen molar-refractivity contribution in [1.82, 2.24) is 0 Å². The predicted octanol–water partition coefficient (Wildman–Crippen LogP) is 14.7. The Bertz CT molecular complexity index is 3030. The van der Waals surface area contributed by atoms with Gasteiger partial charge >= 0.3 is 0 Å². The number of anilines is 3. The van der Waals surface area contributed by atoms with Crippen LogP contribution in [0.25, 0.3) is 44.5 Å². The van der Waals surface area contributed by atoms with E-state index >= 15 is 0 Å². The summed E-state index contributed by atoms with van der Waals surface area (Å²) in [4.78, 5) is 2.31. The van der Waals surface area contributed by atoms with Gasteiger partial charge in [0.1, 0.15) is 0 Å². The van der Waals surface area contributed by atoms with E-state index in [9.17, 15) is 0 Å². The largest absolute Gasteiger partial charge is 0.449 e. The summed E-state index contributed by atoms with van der Waals surface area (Å²) in [7, 11) is 0. The van der Waals surface area contributed by atoms with Gasteiger partial charge in [0, 0.05) is 16.8 Å². The van der Waals surface area contributed by atoms with Gasteiger partial charge in [-0.2, -0.15) is 0 Å². The van der Waals surface area contributed by atoms with E-state index in [1.165, 1.54) is 38.9 Å². The van der Waals surface area contributed by atoms with Gasteiger partial charge in [-0.3, -0.25) is 0 Å². The normalized spacial score (nSPS) is 13.2. The zero-order valence-electron chi connectivity index (χ0n) is 31.5. The Hall–Kier alpha value is -7.62. The van der Waals surface area contributed by atoms with E-state index in [0.717, 1.165) is 50.6 Å². The molecule has 9 aromatic carbocycles. The van der Waals surface area contributed by atoms with Crippen LogP contribution in [0.3, 0.4) is 0 Å². The topological polar surface area (TPSA) is 21.7 Å². The molecule has 0 atom stereocenters. The third-order valence-electron chi connectivity index (χ3n) is 12.1. The second kappa shape index (κ2) is 12.7. The Kier molecular flexibility index (Phi) is 7.14. The zero-order chi connectivity index (χ0) is 38.2. The Balaban J connectivity index is 1.05. The van der Waals surface area contributed by atoms with Crippen molar-refractivity contribution in [2.45, 2.75) is 5.41 Å². The summed E-state index contributed by atoms with van der Waals surface area (Å²) in [6, 6.07) is 75.6. The lowest BCUT2D eigenvalue weighted by molar-refractivity contribution is 0.361. The lowest BCUT2D eigenvalue weighted by Crippen LogP contribution is -2.25. The fourth-order valence-corrected chi connectivity index (χ4v) is 9.79. The van der Waals surface area contributed by atoms with Gasteiger partial charge in [-0.15, -0.1) is 0 Å². The molecule has 1 aliphatic heterocycles. The molecule has 0 unspecified atom stereocenters. The molecule has 58 heavy (non-hydrogen) atoms. The molecule has 0 saturated carbocycles. The molecule has 0 bridgehead atoms. The maximum atomic E-state index is 7.17. The molecular formula is C55H35NO2. The van der Waals surface area contributed by atoms with Crippen LogP contribution in [0.5, 0.6) is 23.0 Å². The lowest BCUT2D eigenvalue weighted by Gasteiger charge is -2.33. The standard InChI is InChI=1S/C55H35NO2/c1-3-17-36(18-4-1)38-21-15-22-39(35-38)56(48-30-14-10-23-40(48)37-19-5-2-6-20-37)49-31-16-32-50-53(49)57-51-34-33-47-52(54(51)58-50)43-26-9-13-29-46(43)55(47)44-27-11-7-24-41(44)42-25-8-12-28-45(42)55/h1-35H. The Morgan fingerprint density at radius 1 is 0.328 bits per heavy atom. The average molecular weight is 742 g/mol. The molecule has 0 amide bonds. The summed E-state index contributed by atoms with van der Waals surface area (Å²) < 4.78 is 14.3. The molecule has 1 heterocycles. The highest BCUT2D eigenvalue weighted by Gasteiger charge is 2.53. The third kappa shape index (κ3) is 4.62. The number of hydrogen-bond donors (Lipinski definition) is 0. The molecule has 3 heteroatoms. The van der Waals surface area contributed by atoms with Crippen LogP contribution >= 0.6 is 0 Å². The smallest absolute Gasteiger partial charge is 0.194 e. The number of nitrogens with zero attached hydrogens (tertiary/aromatic N) is 1. The van der Waals surface area contributed by atoms with Gasteiger partial charge in [0.2, 0.25) is 0 Å². The molecule has 0 radical (unpaired) electrons. The first-order chi connectivity index (χ1) is 28.8. The lowest BCUT2D eigenvalue weighted by atomic mass is 9.70. The summed E-state index contributed by atoms with van der Waals surface area (Å²) in [5.41, 5.74) is 16.9. The molecule has 272 valence electrons. The van der Waals surface area contributed by atoms with Gasteiger partial charge in [0.05, 0.1) is 16.8 Å². The van der Waals surface area contributed by atoms with Crippen molar-refractivity contribution in [3.63, 3.8) is 0 Å². The summed E-state index contributed by atoms with van der Waals surface area (Å²) in [6.07, 6.45) is 0. The number of hydrogen-bond acceptors (Lipinski definition) is 3. The van der Waals surface area contributed by atoms with Crippen LogP contribution in [-0.4, -0.2) is 0 Å². The molecule has 1 spiro atoms. The van der Waals surface area contributed by atoms with E-state index in [1.54, 1.807) is 0 Å². The Morgan fingerprint density at radius 3 is 1.57 bits per heavy atom. The number of benzene rings is 9. The van der Waals surface area contributed by atoms with E-state index in [0.29, 0.717) is 17.2 Å². The summed E-state index contributed by atoms with van der Waals surface area (Å²) in [6.45, 7) is 0. The van der Waals surface area contributed by atoms with Crippen molar-refractivity contribution in [1.29, 1.82) is 0 Å². The first kappa shape index (κ1) is 32.6. The molecule has 3 nitrogen and oxygen atoms in total. The first-order valence-electron chi connectivity index (χ1n) is 19.8. The number of para-hydroxylation sites is 2. The van der Waals surface area contributed by atoms with E-state index in [2.05, 4.69) is 211 Å². The minimum Gasteiger partial charge on any atom is -0.449 e. The highest BCUT2D eigenvalue weighted by atomic mass is 16.6. The Labute approximate surface area is 337 Å². The molecule has 0 N–H and O–H groups in total. The monoisotopic (exact) mass is 741 g/mol. The zero-order valence-corrected chi connectivity index (χ0v) is 31.5. The van der Waals surface area contributed by atoms with Gasteiger partial charge < -0.3 is 14.4 Å². The van der Waals surface area contributed by atoms with Crippen molar-refractivity contribution in [2.24, 2.45) is 0 Å². The van der Waals surface area contributed by atoms with Crippen molar-refractivity contribution >= 4 is 17.1 Å². The molecule has 2 aliphatic carbocycles. The van der Waals surface area contributed by atoms with Crippen molar-refractivity contribution in [3.05, 3.63) is 235 Å². The maximum absolute atomic E-state index is 7.17. The summed E-state index contributed by atoms with van der Waals surface area (Å²) >= 11 is 0. The van der Waals surface area contributed by atoms with Crippen LogP contribution in [0.15, 0.2) is 212 Å². The molecule has 3 aliphatic rings. The Morgan fingerprint density at radius 2 is 0.845 bits per heavy atom. The number of ether oxygens (including phenoxy) is 2. The second-order valence-electron chi connectivity index (χ2n) is 15.1. The van der Waals surface area contributed by atoms with Crippen molar-refractivity contribution in [2.75, 3.05) is 4.90 Å². The van der Waals surface area contributed by atoms with Crippen LogP contribution in [0, 0.1) is 0 Å². The molecule has 9 aromatic rings. The minimum absolute atomic E-state index is 0.471. The second-order valence-corrected chi connectivity index (χ2v) is 15.1. The van der Waals surface area contributed by atoms with Gasteiger partial charge in [0.25, 0.3) is 0 Å². The first-order valence-corrected chi connectivity index (χ1v) is 19.8. The maximum Gasteiger partial charge on any atom is 0.194 e. The fraction of sp³-hybridized carbons (Fsp3) is 0.0182. The quantitative estimate of drug-likeness (QED) is 0.175. The van der Waals surface area contributed by atoms with Crippen LogP contribution in [0.1, 0.15) is 22.3 Å². The fourth-order valence-electron chi connectivity index (χ4n) is 9.79. The van der Waals surface area contributed by atoms with Gasteiger partial charge in [-0.05, 0) is 92.0 Å². The number of fused-ring (bicyclic) bond motifs is 13. The minimum atomic E-state index is -0.471.